The number of nitrogens with one attached hydrogen (secondary N) is 1. The fourth-order valence-corrected chi connectivity index (χ4v) is 4.43. The van der Waals surface area contributed by atoms with E-state index in [2.05, 4.69) is 51.3 Å². The SMILES string of the molecule is O=C1NCc2ccccc2CC12CCN(Cc1ccsc1)C2. The van der Waals surface area contributed by atoms with Crippen LogP contribution in [0.3, 0.4) is 0 Å². The van der Waals surface area contributed by atoms with Crippen LogP contribution in [0.1, 0.15) is 23.1 Å². The van der Waals surface area contributed by atoms with Crippen LogP contribution in [-0.2, 0) is 24.3 Å². The lowest BCUT2D eigenvalue weighted by Crippen LogP contribution is -2.42. The lowest BCUT2D eigenvalue weighted by Gasteiger charge is -2.26. The first-order valence-electron chi connectivity index (χ1n) is 7.84. The van der Waals surface area contributed by atoms with E-state index < -0.39 is 0 Å². The second kappa shape index (κ2) is 5.52. The normalized spacial score (nSPS) is 25.0. The summed E-state index contributed by atoms with van der Waals surface area (Å²) in [4.78, 5) is 15.1. The van der Waals surface area contributed by atoms with Crippen LogP contribution in [0.15, 0.2) is 41.1 Å². The second-order valence-corrected chi connectivity index (χ2v) is 7.28. The van der Waals surface area contributed by atoms with Gasteiger partial charge in [-0.25, -0.2) is 0 Å². The number of hydrogen-bond acceptors (Lipinski definition) is 3. The standard InChI is InChI=1S/C18H20N2OS/c21-17-18(9-15-3-1-2-4-16(15)10-19-17)6-7-20(13-18)11-14-5-8-22-12-14/h1-5,8,12H,6-7,9-11,13H2,(H,19,21). The minimum absolute atomic E-state index is 0.233. The molecule has 2 aliphatic rings. The summed E-state index contributed by atoms with van der Waals surface area (Å²) in [6.07, 6.45) is 1.83. The Hall–Kier alpha value is -1.65. The summed E-state index contributed by atoms with van der Waals surface area (Å²) >= 11 is 1.74. The summed E-state index contributed by atoms with van der Waals surface area (Å²) in [6, 6.07) is 10.6. The third-order valence-corrected chi connectivity index (χ3v) is 5.72. The predicted molar refractivity (Wildman–Crippen MR) is 88.6 cm³/mol. The Labute approximate surface area is 135 Å². The zero-order chi connectivity index (χ0) is 15.0. The van der Waals surface area contributed by atoms with Crippen LogP contribution < -0.4 is 5.32 Å². The van der Waals surface area contributed by atoms with Crippen LogP contribution in [0.2, 0.25) is 0 Å². The molecule has 1 aromatic heterocycles. The number of amides is 1. The van der Waals surface area contributed by atoms with Gasteiger partial charge in [0.15, 0.2) is 0 Å². The van der Waals surface area contributed by atoms with Crippen LogP contribution in [0.4, 0.5) is 0 Å². The summed E-state index contributed by atoms with van der Waals surface area (Å²) < 4.78 is 0. The van der Waals surface area contributed by atoms with E-state index in [1.54, 1.807) is 11.3 Å². The zero-order valence-electron chi connectivity index (χ0n) is 12.5. The molecule has 2 aliphatic heterocycles. The number of benzene rings is 1. The van der Waals surface area contributed by atoms with Gasteiger partial charge in [0, 0.05) is 19.6 Å². The first kappa shape index (κ1) is 14.0. The molecule has 114 valence electrons. The topological polar surface area (TPSA) is 32.3 Å². The maximum absolute atomic E-state index is 12.7. The predicted octanol–water partition coefficient (Wildman–Crippen LogP) is 2.81. The molecule has 2 aromatic rings. The molecule has 1 unspecified atom stereocenters. The molecule has 3 heterocycles. The number of nitrogens with zero attached hydrogens (tertiary/aromatic N) is 1. The van der Waals surface area contributed by atoms with Gasteiger partial charge in [0.05, 0.1) is 5.41 Å². The molecule has 1 amide bonds. The molecular formula is C18H20N2OS. The van der Waals surface area contributed by atoms with Crippen LogP contribution in [0.5, 0.6) is 0 Å². The molecule has 1 fully saturated rings. The first-order valence-corrected chi connectivity index (χ1v) is 8.78. The Bertz CT molecular complexity index is 682. The average molecular weight is 312 g/mol. The fourth-order valence-electron chi connectivity index (χ4n) is 3.77. The first-order chi connectivity index (χ1) is 10.8. The Kier molecular flexibility index (Phi) is 3.51. The van der Waals surface area contributed by atoms with E-state index in [1.807, 2.05) is 0 Å². The van der Waals surface area contributed by atoms with E-state index in [-0.39, 0.29) is 11.3 Å². The summed E-state index contributed by atoms with van der Waals surface area (Å²) in [6.45, 7) is 3.50. The fraction of sp³-hybridized carbons (Fsp3) is 0.389. The van der Waals surface area contributed by atoms with Gasteiger partial charge in [-0.3, -0.25) is 9.69 Å². The van der Waals surface area contributed by atoms with Gasteiger partial charge in [-0.1, -0.05) is 24.3 Å². The minimum Gasteiger partial charge on any atom is -0.351 e. The molecule has 4 heteroatoms. The number of likely N-dealkylation sites (tertiary alicyclic amines) is 1. The highest BCUT2D eigenvalue weighted by atomic mass is 32.1. The molecular weight excluding hydrogens is 292 g/mol. The van der Waals surface area contributed by atoms with Crippen LogP contribution >= 0.6 is 11.3 Å². The highest BCUT2D eigenvalue weighted by Gasteiger charge is 2.45. The molecule has 0 saturated carbocycles. The number of rotatable bonds is 2. The Morgan fingerprint density at radius 2 is 2.09 bits per heavy atom. The van der Waals surface area contributed by atoms with E-state index in [0.29, 0.717) is 6.54 Å². The van der Waals surface area contributed by atoms with Crippen LogP contribution in [0, 0.1) is 5.41 Å². The molecule has 0 aliphatic carbocycles. The van der Waals surface area contributed by atoms with Crippen molar-refractivity contribution in [3.05, 3.63) is 57.8 Å². The summed E-state index contributed by atoms with van der Waals surface area (Å²) in [7, 11) is 0. The second-order valence-electron chi connectivity index (χ2n) is 6.50. The zero-order valence-corrected chi connectivity index (χ0v) is 13.4. The third kappa shape index (κ3) is 2.46. The van der Waals surface area contributed by atoms with Gasteiger partial charge in [0.25, 0.3) is 0 Å². The van der Waals surface area contributed by atoms with Crippen molar-refractivity contribution in [2.75, 3.05) is 13.1 Å². The monoisotopic (exact) mass is 312 g/mol. The van der Waals surface area contributed by atoms with E-state index in [0.717, 1.165) is 32.5 Å². The highest BCUT2D eigenvalue weighted by Crippen LogP contribution is 2.37. The van der Waals surface area contributed by atoms with Gasteiger partial charge < -0.3 is 5.32 Å². The van der Waals surface area contributed by atoms with Crippen molar-refractivity contribution in [3.63, 3.8) is 0 Å². The number of carbonyl (C=O) groups excluding carboxylic acids is 1. The molecule has 22 heavy (non-hydrogen) atoms. The molecule has 1 N–H and O–H groups in total. The number of carbonyl (C=O) groups is 1. The Morgan fingerprint density at radius 3 is 2.91 bits per heavy atom. The Morgan fingerprint density at radius 1 is 1.23 bits per heavy atom. The average Bonchev–Trinajstić information content (AvgIpc) is 3.14. The van der Waals surface area contributed by atoms with Crippen LogP contribution in [0.25, 0.3) is 0 Å². The summed E-state index contributed by atoms with van der Waals surface area (Å²) in [5.41, 5.74) is 3.71. The van der Waals surface area contributed by atoms with Crippen molar-refractivity contribution in [1.29, 1.82) is 0 Å². The maximum Gasteiger partial charge on any atom is 0.228 e. The van der Waals surface area contributed by atoms with Crippen molar-refractivity contribution in [1.82, 2.24) is 10.2 Å². The van der Waals surface area contributed by atoms with E-state index >= 15 is 0 Å². The molecule has 4 rings (SSSR count). The molecule has 1 spiro atoms. The lowest BCUT2D eigenvalue weighted by molar-refractivity contribution is -0.130. The molecule has 1 atom stereocenters. The van der Waals surface area contributed by atoms with E-state index in [9.17, 15) is 4.79 Å². The van der Waals surface area contributed by atoms with Gasteiger partial charge in [0.2, 0.25) is 5.91 Å². The molecule has 1 saturated heterocycles. The van der Waals surface area contributed by atoms with Crippen molar-refractivity contribution in [3.8, 4) is 0 Å². The quantitative estimate of drug-likeness (QED) is 0.925. The number of hydrogen-bond donors (Lipinski definition) is 1. The van der Waals surface area contributed by atoms with Gasteiger partial charge in [-0.15, -0.1) is 0 Å². The highest BCUT2D eigenvalue weighted by molar-refractivity contribution is 7.07. The molecule has 3 nitrogen and oxygen atoms in total. The number of thiophene rings is 1. The van der Waals surface area contributed by atoms with Crippen molar-refractivity contribution in [2.24, 2.45) is 5.41 Å². The van der Waals surface area contributed by atoms with Gasteiger partial charge >= 0.3 is 0 Å². The third-order valence-electron chi connectivity index (χ3n) is 4.99. The van der Waals surface area contributed by atoms with Crippen molar-refractivity contribution >= 4 is 17.2 Å². The molecule has 0 bridgehead atoms. The largest absolute Gasteiger partial charge is 0.351 e. The van der Waals surface area contributed by atoms with E-state index in [4.69, 9.17) is 0 Å². The smallest absolute Gasteiger partial charge is 0.228 e. The minimum atomic E-state index is -0.247. The summed E-state index contributed by atoms with van der Waals surface area (Å²) in [5, 5.41) is 7.47. The van der Waals surface area contributed by atoms with Gasteiger partial charge in [-0.05, 0) is 52.9 Å². The van der Waals surface area contributed by atoms with Crippen molar-refractivity contribution < 1.29 is 4.79 Å². The number of fused-ring (bicyclic) bond motifs is 1. The van der Waals surface area contributed by atoms with Crippen molar-refractivity contribution in [2.45, 2.75) is 25.9 Å². The lowest BCUT2D eigenvalue weighted by atomic mass is 9.80. The summed E-state index contributed by atoms with van der Waals surface area (Å²) in [5.74, 6) is 0.233. The van der Waals surface area contributed by atoms with Gasteiger partial charge in [-0.2, -0.15) is 11.3 Å². The molecule has 1 aromatic carbocycles. The molecule has 0 radical (unpaired) electrons. The Balaban J connectivity index is 1.57. The maximum atomic E-state index is 12.7. The van der Waals surface area contributed by atoms with Gasteiger partial charge in [0.1, 0.15) is 0 Å². The van der Waals surface area contributed by atoms with Crippen LogP contribution in [-0.4, -0.2) is 23.9 Å². The van der Waals surface area contributed by atoms with E-state index in [1.165, 1.54) is 16.7 Å².